The molecule has 0 unspecified atom stereocenters. The number of rotatable bonds is 6. The third-order valence-electron chi connectivity index (χ3n) is 4.63. The summed E-state index contributed by atoms with van der Waals surface area (Å²) in [6, 6.07) is 12.1. The number of para-hydroxylation sites is 1. The van der Waals surface area contributed by atoms with Crippen LogP contribution in [0.1, 0.15) is 11.1 Å². The standard InChI is InChI=1S/C21H24N2O5S/c1-16-7-9-18(29(25,26)23-11-13-28-14-12-23)15-19(16)22-21(24)10-8-17-5-3-4-6-20(17)27-2/h3-10,15H,11-14H2,1-2H3,(H,22,24). The van der Waals surface area contributed by atoms with Crippen molar-refractivity contribution >= 4 is 27.7 Å². The maximum absolute atomic E-state index is 12.8. The summed E-state index contributed by atoms with van der Waals surface area (Å²) < 4.78 is 37.6. The lowest BCUT2D eigenvalue weighted by atomic mass is 10.1. The Morgan fingerprint density at radius 3 is 2.62 bits per heavy atom. The maximum Gasteiger partial charge on any atom is 0.248 e. The fourth-order valence-corrected chi connectivity index (χ4v) is 4.41. The van der Waals surface area contributed by atoms with Crippen LogP contribution >= 0.6 is 0 Å². The molecule has 0 atom stereocenters. The molecule has 1 aliphatic heterocycles. The number of hydrogen-bond donors (Lipinski definition) is 1. The zero-order valence-corrected chi connectivity index (χ0v) is 17.2. The Hall–Kier alpha value is -2.68. The molecule has 29 heavy (non-hydrogen) atoms. The van der Waals surface area contributed by atoms with E-state index in [4.69, 9.17) is 9.47 Å². The Morgan fingerprint density at radius 1 is 1.17 bits per heavy atom. The molecule has 0 radical (unpaired) electrons. The second kappa shape index (κ2) is 9.21. The first-order valence-electron chi connectivity index (χ1n) is 9.22. The molecule has 0 bridgehead atoms. The second-order valence-electron chi connectivity index (χ2n) is 6.56. The van der Waals surface area contributed by atoms with Gasteiger partial charge < -0.3 is 14.8 Å². The van der Waals surface area contributed by atoms with Crippen LogP contribution in [0.5, 0.6) is 5.75 Å². The number of carbonyl (C=O) groups is 1. The molecule has 1 saturated heterocycles. The molecule has 0 spiro atoms. The van der Waals surface area contributed by atoms with Gasteiger partial charge in [0.15, 0.2) is 0 Å². The third kappa shape index (κ3) is 5.03. The van der Waals surface area contributed by atoms with Crippen LogP contribution in [0, 0.1) is 6.92 Å². The minimum Gasteiger partial charge on any atom is -0.496 e. The lowest BCUT2D eigenvalue weighted by Gasteiger charge is -2.26. The van der Waals surface area contributed by atoms with Crippen molar-refractivity contribution in [3.63, 3.8) is 0 Å². The highest BCUT2D eigenvalue weighted by atomic mass is 32.2. The molecule has 3 rings (SSSR count). The summed E-state index contributed by atoms with van der Waals surface area (Å²) in [4.78, 5) is 12.5. The fourth-order valence-electron chi connectivity index (χ4n) is 2.98. The van der Waals surface area contributed by atoms with Gasteiger partial charge in [0.25, 0.3) is 0 Å². The summed E-state index contributed by atoms with van der Waals surface area (Å²) in [5.74, 6) is 0.297. The van der Waals surface area contributed by atoms with E-state index in [0.717, 1.165) is 11.1 Å². The Morgan fingerprint density at radius 2 is 1.90 bits per heavy atom. The van der Waals surface area contributed by atoms with E-state index in [1.165, 1.54) is 16.4 Å². The first-order chi connectivity index (χ1) is 13.9. The van der Waals surface area contributed by atoms with Gasteiger partial charge in [-0.1, -0.05) is 24.3 Å². The molecule has 0 aromatic heterocycles. The zero-order valence-electron chi connectivity index (χ0n) is 16.4. The topological polar surface area (TPSA) is 84.9 Å². The van der Waals surface area contributed by atoms with Crippen LogP contribution in [-0.2, 0) is 19.6 Å². The normalized spacial score (nSPS) is 15.4. The zero-order chi connectivity index (χ0) is 20.9. The molecule has 1 amide bonds. The number of benzene rings is 2. The number of anilines is 1. The molecular formula is C21H24N2O5S. The smallest absolute Gasteiger partial charge is 0.248 e. The molecule has 1 heterocycles. The molecule has 2 aromatic carbocycles. The SMILES string of the molecule is COc1ccccc1C=CC(=O)Nc1cc(S(=O)(=O)N2CCOCC2)ccc1C. The van der Waals surface area contributed by atoms with Crippen LogP contribution in [0.15, 0.2) is 53.4 Å². The lowest BCUT2D eigenvalue weighted by molar-refractivity contribution is -0.111. The van der Waals surface area contributed by atoms with E-state index >= 15 is 0 Å². The maximum atomic E-state index is 12.8. The third-order valence-corrected chi connectivity index (χ3v) is 6.52. The van der Waals surface area contributed by atoms with Crippen LogP contribution in [0.25, 0.3) is 6.08 Å². The number of nitrogens with zero attached hydrogens (tertiary/aromatic N) is 1. The van der Waals surface area contributed by atoms with Crippen molar-refractivity contribution in [1.29, 1.82) is 0 Å². The fraction of sp³-hybridized carbons (Fsp3) is 0.286. The van der Waals surface area contributed by atoms with Crippen LogP contribution in [0.3, 0.4) is 0 Å². The summed E-state index contributed by atoms with van der Waals surface area (Å²) in [5, 5.41) is 2.76. The highest BCUT2D eigenvalue weighted by molar-refractivity contribution is 7.89. The number of carbonyl (C=O) groups excluding carboxylic acids is 1. The van der Waals surface area contributed by atoms with Crippen molar-refractivity contribution in [1.82, 2.24) is 4.31 Å². The average Bonchev–Trinajstić information content (AvgIpc) is 2.74. The molecule has 1 fully saturated rings. The van der Waals surface area contributed by atoms with E-state index in [-0.39, 0.29) is 10.8 Å². The average molecular weight is 416 g/mol. The lowest BCUT2D eigenvalue weighted by Crippen LogP contribution is -2.40. The van der Waals surface area contributed by atoms with E-state index in [9.17, 15) is 13.2 Å². The Bertz CT molecular complexity index is 1010. The first kappa shape index (κ1) is 21.0. The minimum atomic E-state index is -3.63. The Balaban J connectivity index is 1.78. The molecular weight excluding hydrogens is 392 g/mol. The van der Waals surface area contributed by atoms with Gasteiger partial charge in [0.2, 0.25) is 15.9 Å². The molecule has 0 aliphatic carbocycles. The van der Waals surface area contributed by atoms with Gasteiger partial charge >= 0.3 is 0 Å². The number of sulfonamides is 1. The molecule has 1 N–H and O–H groups in total. The van der Waals surface area contributed by atoms with Crippen molar-refractivity contribution in [3.05, 3.63) is 59.7 Å². The van der Waals surface area contributed by atoms with Crippen LogP contribution in [-0.4, -0.2) is 52.0 Å². The molecule has 154 valence electrons. The monoisotopic (exact) mass is 416 g/mol. The van der Waals surface area contributed by atoms with E-state index in [2.05, 4.69) is 5.32 Å². The van der Waals surface area contributed by atoms with E-state index in [1.807, 2.05) is 31.2 Å². The van der Waals surface area contributed by atoms with E-state index in [0.29, 0.717) is 37.7 Å². The summed E-state index contributed by atoms with van der Waals surface area (Å²) >= 11 is 0. The van der Waals surface area contributed by atoms with Gasteiger partial charge in [0.1, 0.15) is 5.75 Å². The molecule has 2 aromatic rings. The van der Waals surface area contributed by atoms with Crippen molar-refractivity contribution < 1.29 is 22.7 Å². The molecule has 0 saturated carbocycles. The van der Waals surface area contributed by atoms with Gasteiger partial charge in [0.05, 0.1) is 25.2 Å². The largest absolute Gasteiger partial charge is 0.496 e. The highest BCUT2D eigenvalue weighted by Crippen LogP contribution is 2.24. The summed E-state index contributed by atoms with van der Waals surface area (Å²) in [6.07, 6.45) is 3.04. The minimum absolute atomic E-state index is 0.147. The van der Waals surface area contributed by atoms with Crippen molar-refractivity contribution in [3.8, 4) is 5.75 Å². The number of amides is 1. The molecule has 8 heteroatoms. The highest BCUT2D eigenvalue weighted by Gasteiger charge is 2.26. The summed E-state index contributed by atoms with van der Waals surface area (Å²) in [7, 11) is -2.07. The molecule has 7 nitrogen and oxygen atoms in total. The van der Waals surface area contributed by atoms with Crippen LogP contribution in [0.2, 0.25) is 0 Å². The number of methoxy groups -OCH3 is 1. The number of hydrogen-bond acceptors (Lipinski definition) is 5. The van der Waals surface area contributed by atoms with Gasteiger partial charge in [-0.3, -0.25) is 4.79 Å². The van der Waals surface area contributed by atoms with Crippen LogP contribution < -0.4 is 10.1 Å². The molecule has 1 aliphatic rings. The van der Waals surface area contributed by atoms with E-state index < -0.39 is 10.0 Å². The number of aryl methyl sites for hydroxylation is 1. The second-order valence-corrected chi connectivity index (χ2v) is 8.50. The number of ether oxygens (including phenoxy) is 2. The van der Waals surface area contributed by atoms with Crippen molar-refractivity contribution in [2.75, 3.05) is 38.7 Å². The van der Waals surface area contributed by atoms with Crippen molar-refractivity contribution in [2.24, 2.45) is 0 Å². The number of nitrogens with one attached hydrogen (secondary N) is 1. The predicted octanol–water partition coefficient (Wildman–Crippen LogP) is 2.68. The van der Waals surface area contributed by atoms with Gasteiger partial charge in [-0.2, -0.15) is 4.31 Å². The number of morpholine rings is 1. The van der Waals surface area contributed by atoms with Crippen molar-refractivity contribution in [2.45, 2.75) is 11.8 Å². The van der Waals surface area contributed by atoms with Gasteiger partial charge in [0, 0.05) is 30.4 Å². The Labute approximate surface area is 171 Å². The van der Waals surface area contributed by atoms with Crippen LogP contribution in [0.4, 0.5) is 5.69 Å². The van der Waals surface area contributed by atoms with Gasteiger partial charge in [-0.05, 0) is 36.8 Å². The van der Waals surface area contributed by atoms with E-state index in [1.54, 1.807) is 25.3 Å². The summed E-state index contributed by atoms with van der Waals surface area (Å²) in [6.45, 7) is 3.20. The first-order valence-corrected chi connectivity index (χ1v) is 10.7. The Kier molecular flexibility index (Phi) is 6.68. The quantitative estimate of drug-likeness (QED) is 0.732. The van der Waals surface area contributed by atoms with Gasteiger partial charge in [-0.15, -0.1) is 0 Å². The van der Waals surface area contributed by atoms with Gasteiger partial charge in [-0.25, -0.2) is 8.42 Å². The summed E-state index contributed by atoms with van der Waals surface area (Å²) in [5.41, 5.74) is 1.99. The predicted molar refractivity (Wildman–Crippen MR) is 111 cm³/mol.